The van der Waals surface area contributed by atoms with E-state index >= 15 is 0 Å². The number of nitrogens with zero attached hydrogens (tertiary/aromatic N) is 2. The number of aromatic nitrogens is 2. The molecule has 1 N–H and O–H groups in total. The fourth-order valence-corrected chi connectivity index (χ4v) is 2.83. The van der Waals surface area contributed by atoms with Gasteiger partial charge in [-0.25, -0.2) is 4.98 Å². The molecule has 0 radical (unpaired) electrons. The maximum Gasteiger partial charge on any atom is 0.224 e. The normalized spacial score (nSPS) is 13.4. The van der Waals surface area contributed by atoms with Crippen molar-refractivity contribution < 1.29 is 14.3 Å². The number of imidazole rings is 1. The van der Waals surface area contributed by atoms with Crippen LogP contribution in [0.5, 0.6) is 11.5 Å². The molecule has 1 aromatic carbocycles. The van der Waals surface area contributed by atoms with E-state index < -0.39 is 0 Å². The van der Waals surface area contributed by atoms with Gasteiger partial charge < -0.3 is 19.4 Å². The van der Waals surface area contributed by atoms with Crippen molar-refractivity contribution in [2.75, 3.05) is 19.8 Å². The first-order valence-corrected chi connectivity index (χ1v) is 8.40. The first kappa shape index (κ1) is 16.6. The standard InChI is InChI=1S/C17H20ClN3O3/c18-14-9-13(10-15-17(14)24-8-2-7-23-15)11-16(22)20-3-1-5-21-6-4-19-12-21/h4,6,9-10,12H,1-3,5,7-8,11H2,(H,20,22). The number of benzene rings is 1. The van der Waals surface area contributed by atoms with Gasteiger partial charge in [0.15, 0.2) is 11.5 Å². The highest BCUT2D eigenvalue weighted by Crippen LogP contribution is 2.38. The number of hydrogen-bond acceptors (Lipinski definition) is 4. The smallest absolute Gasteiger partial charge is 0.224 e. The molecule has 7 heteroatoms. The maximum absolute atomic E-state index is 12.1. The van der Waals surface area contributed by atoms with Crippen LogP contribution in [0, 0.1) is 0 Å². The van der Waals surface area contributed by atoms with Gasteiger partial charge in [-0.3, -0.25) is 4.79 Å². The van der Waals surface area contributed by atoms with Crippen LogP contribution in [0.25, 0.3) is 0 Å². The summed E-state index contributed by atoms with van der Waals surface area (Å²) in [4.78, 5) is 16.1. The summed E-state index contributed by atoms with van der Waals surface area (Å²) >= 11 is 6.24. The second-order valence-electron chi connectivity index (χ2n) is 5.64. The summed E-state index contributed by atoms with van der Waals surface area (Å²) < 4.78 is 13.2. The highest BCUT2D eigenvalue weighted by Gasteiger charge is 2.16. The Morgan fingerprint density at radius 1 is 1.33 bits per heavy atom. The average Bonchev–Trinajstić information content (AvgIpc) is 2.95. The van der Waals surface area contributed by atoms with E-state index in [-0.39, 0.29) is 12.3 Å². The second-order valence-corrected chi connectivity index (χ2v) is 6.04. The van der Waals surface area contributed by atoms with E-state index in [1.807, 2.05) is 16.8 Å². The SMILES string of the molecule is O=C(Cc1cc(Cl)c2c(c1)OCCCO2)NCCCn1ccnc1. The maximum atomic E-state index is 12.1. The molecule has 0 aliphatic carbocycles. The molecule has 0 saturated carbocycles. The van der Waals surface area contributed by atoms with Crippen molar-refractivity contribution in [3.63, 3.8) is 0 Å². The number of ether oxygens (including phenoxy) is 2. The van der Waals surface area contributed by atoms with Crippen LogP contribution in [0.1, 0.15) is 18.4 Å². The number of halogens is 1. The molecule has 0 bridgehead atoms. The zero-order valence-electron chi connectivity index (χ0n) is 13.3. The van der Waals surface area contributed by atoms with Gasteiger partial charge in [0.25, 0.3) is 0 Å². The summed E-state index contributed by atoms with van der Waals surface area (Å²) in [5.41, 5.74) is 0.816. The highest BCUT2D eigenvalue weighted by atomic mass is 35.5. The number of fused-ring (bicyclic) bond motifs is 1. The van der Waals surface area contributed by atoms with Crippen LogP contribution in [0.4, 0.5) is 0 Å². The lowest BCUT2D eigenvalue weighted by Gasteiger charge is -2.12. The van der Waals surface area contributed by atoms with Crippen LogP contribution in [0.15, 0.2) is 30.9 Å². The Balaban J connectivity index is 1.50. The monoisotopic (exact) mass is 349 g/mol. The van der Waals surface area contributed by atoms with Crippen molar-refractivity contribution in [3.05, 3.63) is 41.4 Å². The third-order valence-electron chi connectivity index (χ3n) is 3.70. The van der Waals surface area contributed by atoms with Gasteiger partial charge in [0, 0.05) is 31.9 Å². The molecule has 6 nitrogen and oxygen atoms in total. The fraction of sp³-hybridized carbons (Fsp3) is 0.412. The van der Waals surface area contributed by atoms with E-state index in [1.165, 1.54) is 0 Å². The first-order valence-electron chi connectivity index (χ1n) is 8.03. The number of rotatable bonds is 6. The molecule has 128 valence electrons. The molecule has 2 heterocycles. The van der Waals surface area contributed by atoms with Crippen LogP contribution in [-0.4, -0.2) is 35.2 Å². The number of carbonyl (C=O) groups excluding carboxylic acids is 1. The molecule has 24 heavy (non-hydrogen) atoms. The molecule has 1 aromatic heterocycles. The average molecular weight is 350 g/mol. The minimum Gasteiger partial charge on any atom is -0.489 e. The summed E-state index contributed by atoms with van der Waals surface area (Å²) in [6.07, 6.45) is 7.35. The number of hydrogen-bond donors (Lipinski definition) is 1. The quantitative estimate of drug-likeness (QED) is 0.813. The molecule has 3 rings (SSSR count). The van der Waals surface area contributed by atoms with Crippen LogP contribution >= 0.6 is 11.6 Å². The third kappa shape index (κ3) is 4.41. The van der Waals surface area contributed by atoms with Crippen LogP contribution < -0.4 is 14.8 Å². The van der Waals surface area contributed by atoms with Gasteiger partial charge in [-0.15, -0.1) is 0 Å². The van der Waals surface area contributed by atoms with Crippen LogP contribution in [0.2, 0.25) is 5.02 Å². The Labute approximate surface area is 145 Å². The second kappa shape index (κ2) is 8.06. The molecule has 1 aliphatic heterocycles. The van der Waals surface area contributed by atoms with Gasteiger partial charge in [0.05, 0.1) is 31.0 Å². The number of nitrogens with one attached hydrogen (secondary N) is 1. The van der Waals surface area contributed by atoms with Gasteiger partial charge >= 0.3 is 0 Å². The molecule has 0 saturated heterocycles. The first-order chi connectivity index (χ1) is 11.7. The lowest BCUT2D eigenvalue weighted by atomic mass is 10.1. The van der Waals surface area contributed by atoms with Crippen molar-refractivity contribution >= 4 is 17.5 Å². The molecular formula is C17H20ClN3O3. The lowest BCUT2D eigenvalue weighted by Crippen LogP contribution is -2.26. The van der Waals surface area contributed by atoms with Crippen molar-refractivity contribution in [1.29, 1.82) is 0 Å². The minimum atomic E-state index is -0.0359. The van der Waals surface area contributed by atoms with E-state index in [9.17, 15) is 4.79 Å². The third-order valence-corrected chi connectivity index (χ3v) is 3.98. The Bertz CT molecular complexity index is 689. The van der Waals surface area contributed by atoms with Gasteiger partial charge in [-0.05, 0) is 24.1 Å². The summed E-state index contributed by atoms with van der Waals surface area (Å²) in [5.74, 6) is 1.15. The number of aryl methyl sites for hydroxylation is 1. The molecule has 1 aliphatic rings. The summed E-state index contributed by atoms with van der Waals surface area (Å²) in [7, 11) is 0. The number of amides is 1. The molecule has 0 fully saturated rings. The highest BCUT2D eigenvalue weighted by molar-refractivity contribution is 6.32. The molecule has 0 spiro atoms. The minimum absolute atomic E-state index is 0.0359. The fourth-order valence-electron chi connectivity index (χ4n) is 2.54. The summed E-state index contributed by atoms with van der Waals surface area (Å²) in [6.45, 7) is 2.63. The Morgan fingerprint density at radius 2 is 2.21 bits per heavy atom. The van der Waals surface area contributed by atoms with Crippen LogP contribution in [0.3, 0.4) is 0 Å². The topological polar surface area (TPSA) is 65.4 Å². The largest absolute Gasteiger partial charge is 0.489 e. The Hall–Kier alpha value is -2.21. The van der Waals surface area contributed by atoms with Gasteiger partial charge in [0.2, 0.25) is 5.91 Å². The zero-order chi connectivity index (χ0) is 16.8. The molecular weight excluding hydrogens is 330 g/mol. The molecule has 0 unspecified atom stereocenters. The van der Waals surface area contributed by atoms with Gasteiger partial charge in [-0.2, -0.15) is 0 Å². The molecule has 0 atom stereocenters. The van der Waals surface area contributed by atoms with Gasteiger partial charge in [-0.1, -0.05) is 11.6 Å². The Kier molecular flexibility index (Phi) is 5.59. The summed E-state index contributed by atoms with van der Waals surface area (Å²) in [6, 6.07) is 3.59. The van der Waals surface area contributed by atoms with Gasteiger partial charge in [0.1, 0.15) is 0 Å². The van der Waals surface area contributed by atoms with E-state index in [2.05, 4.69) is 10.3 Å². The predicted octanol–water partition coefficient (Wildman–Crippen LogP) is 2.45. The van der Waals surface area contributed by atoms with E-state index in [0.29, 0.717) is 36.3 Å². The van der Waals surface area contributed by atoms with Crippen molar-refractivity contribution in [2.45, 2.75) is 25.8 Å². The van der Waals surface area contributed by atoms with Crippen molar-refractivity contribution in [1.82, 2.24) is 14.9 Å². The zero-order valence-corrected chi connectivity index (χ0v) is 14.1. The van der Waals surface area contributed by atoms with E-state index in [0.717, 1.165) is 24.9 Å². The van der Waals surface area contributed by atoms with E-state index in [1.54, 1.807) is 18.6 Å². The Morgan fingerprint density at radius 3 is 3.04 bits per heavy atom. The lowest BCUT2D eigenvalue weighted by molar-refractivity contribution is -0.120. The van der Waals surface area contributed by atoms with E-state index in [4.69, 9.17) is 21.1 Å². The van der Waals surface area contributed by atoms with Crippen molar-refractivity contribution in [3.8, 4) is 11.5 Å². The van der Waals surface area contributed by atoms with Crippen LogP contribution in [-0.2, 0) is 17.8 Å². The summed E-state index contributed by atoms with van der Waals surface area (Å²) in [5, 5.41) is 3.40. The molecule has 1 amide bonds. The van der Waals surface area contributed by atoms with Crippen molar-refractivity contribution in [2.24, 2.45) is 0 Å². The number of carbonyl (C=O) groups is 1. The predicted molar refractivity (Wildman–Crippen MR) is 90.6 cm³/mol. The molecule has 2 aromatic rings.